The summed E-state index contributed by atoms with van der Waals surface area (Å²) in [7, 11) is 0. The molecule has 0 aliphatic carbocycles. The van der Waals surface area contributed by atoms with Crippen LogP contribution in [0.2, 0.25) is 0 Å². The second-order valence-corrected chi connectivity index (χ2v) is 6.25. The molecule has 2 saturated heterocycles. The van der Waals surface area contributed by atoms with Gasteiger partial charge in [0.05, 0.1) is 24.3 Å². The number of ether oxygens (including phenoxy) is 2. The summed E-state index contributed by atoms with van der Waals surface area (Å²) in [6.07, 6.45) is 0.727. The molecule has 0 spiro atoms. The Morgan fingerprint density at radius 2 is 1.65 bits per heavy atom. The van der Waals surface area contributed by atoms with Crippen molar-refractivity contribution in [2.45, 2.75) is 77.0 Å². The van der Waals surface area contributed by atoms with E-state index >= 15 is 0 Å². The van der Waals surface area contributed by atoms with E-state index in [0.29, 0.717) is 6.41 Å². The van der Waals surface area contributed by atoms with Gasteiger partial charge in [-0.3, -0.25) is 9.69 Å². The third-order valence-electron chi connectivity index (χ3n) is 5.16. The summed E-state index contributed by atoms with van der Waals surface area (Å²) in [4.78, 5) is 24.7. The average Bonchev–Trinajstić information content (AvgIpc) is 3.18. The summed E-state index contributed by atoms with van der Waals surface area (Å²) < 4.78 is 11.0. The lowest BCUT2D eigenvalue weighted by Gasteiger charge is -2.29. The summed E-state index contributed by atoms with van der Waals surface area (Å²) in [5.74, 6) is 0. The number of amides is 3. The first kappa shape index (κ1) is 15.3. The van der Waals surface area contributed by atoms with Crippen molar-refractivity contribution in [2.24, 2.45) is 0 Å². The lowest BCUT2D eigenvalue weighted by atomic mass is 9.98. The zero-order chi connectivity index (χ0) is 15.3. The smallest absolute Gasteiger partial charge is 0.324 e. The second kappa shape index (κ2) is 4.70. The standard InChI is InChI=1S/C14H24N2O4/c1-8(13(5)10(3)19-13)15-12(18)16(7-17)9(2)14(6)11(4)20-14/h7-11H,1-6H3,(H,15,18). The molecular weight excluding hydrogens is 260 g/mol. The van der Waals surface area contributed by atoms with Crippen molar-refractivity contribution >= 4 is 12.4 Å². The fourth-order valence-corrected chi connectivity index (χ4v) is 2.58. The number of nitrogens with one attached hydrogen (secondary N) is 1. The van der Waals surface area contributed by atoms with Crippen LogP contribution in [0, 0.1) is 0 Å². The summed E-state index contributed by atoms with van der Waals surface area (Å²) in [6.45, 7) is 11.4. The molecule has 3 amide bonds. The molecule has 2 heterocycles. The van der Waals surface area contributed by atoms with E-state index in [0.717, 1.165) is 4.90 Å². The third-order valence-corrected chi connectivity index (χ3v) is 5.16. The SMILES string of the molecule is CC(NC(=O)N(C=O)C(C)C1(C)OC1C)C1(C)OC1C. The maximum absolute atomic E-state index is 12.3. The van der Waals surface area contributed by atoms with E-state index in [4.69, 9.17) is 9.47 Å². The first-order chi connectivity index (χ1) is 9.16. The number of urea groups is 1. The van der Waals surface area contributed by atoms with Gasteiger partial charge in [-0.1, -0.05) is 0 Å². The Labute approximate surface area is 119 Å². The quantitative estimate of drug-likeness (QED) is 0.609. The van der Waals surface area contributed by atoms with Crippen molar-refractivity contribution in [1.29, 1.82) is 0 Å². The van der Waals surface area contributed by atoms with Crippen LogP contribution < -0.4 is 5.32 Å². The minimum Gasteiger partial charge on any atom is -0.364 e. The van der Waals surface area contributed by atoms with Gasteiger partial charge < -0.3 is 14.8 Å². The Morgan fingerprint density at radius 1 is 1.20 bits per heavy atom. The minimum absolute atomic E-state index is 0.0504. The van der Waals surface area contributed by atoms with Crippen molar-refractivity contribution in [3.05, 3.63) is 0 Å². The van der Waals surface area contributed by atoms with Gasteiger partial charge in [-0.15, -0.1) is 0 Å². The number of nitrogens with zero attached hydrogens (tertiary/aromatic N) is 1. The molecule has 6 nitrogen and oxygen atoms in total. The molecule has 2 aliphatic rings. The largest absolute Gasteiger partial charge is 0.364 e. The highest BCUT2D eigenvalue weighted by Gasteiger charge is 2.57. The van der Waals surface area contributed by atoms with Crippen LogP contribution in [-0.2, 0) is 14.3 Å². The molecule has 6 atom stereocenters. The molecule has 2 aliphatic heterocycles. The van der Waals surface area contributed by atoms with E-state index in [1.165, 1.54) is 0 Å². The van der Waals surface area contributed by atoms with E-state index in [1.54, 1.807) is 0 Å². The van der Waals surface area contributed by atoms with Crippen LogP contribution in [0.15, 0.2) is 0 Å². The maximum atomic E-state index is 12.3. The summed E-state index contributed by atoms with van der Waals surface area (Å²) >= 11 is 0. The van der Waals surface area contributed by atoms with Gasteiger partial charge in [0.1, 0.15) is 11.2 Å². The molecule has 2 rings (SSSR count). The van der Waals surface area contributed by atoms with Gasteiger partial charge in [-0.05, 0) is 41.5 Å². The lowest BCUT2D eigenvalue weighted by molar-refractivity contribution is -0.118. The predicted molar refractivity (Wildman–Crippen MR) is 73.3 cm³/mol. The molecule has 0 aromatic heterocycles. The number of carbonyl (C=O) groups is 2. The molecule has 114 valence electrons. The van der Waals surface area contributed by atoms with Crippen LogP contribution in [0.1, 0.15) is 41.5 Å². The van der Waals surface area contributed by atoms with Crippen molar-refractivity contribution in [2.75, 3.05) is 0 Å². The zero-order valence-corrected chi connectivity index (χ0v) is 13.0. The number of carbonyl (C=O) groups excluding carboxylic acids is 2. The number of hydrogen-bond acceptors (Lipinski definition) is 4. The van der Waals surface area contributed by atoms with Crippen LogP contribution >= 0.6 is 0 Å². The first-order valence-electron chi connectivity index (χ1n) is 7.06. The van der Waals surface area contributed by atoms with Crippen LogP contribution in [0.5, 0.6) is 0 Å². The lowest BCUT2D eigenvalue weighted by Crippen LogP contribution is -2.54. The Bertz CT molecular complexity index is 429. The zero-order valence-electron chi connectivity index (χ0n) is 13.0. The fourth-order valence-electron chi connectivity index (χ4n) is 2.58. The number of imide groups is 1. The number of rotatable bonds is 5. The van der Waals surface area contributed by atoms with Gasteiger partial charge in [-0.2, -0.15) is 0 Å². The van der Waals surface area contributed by atoms with E-state index < -0.39 is 11.6 Å². The summed E-state index contributed by atoms with van der Waals surface area (Å²) in [5, 5.41) is 2.83. The average molecular weight is 284 g/mol. The third kappa shape index (κ3) is 2.31. The van der Waals surface area contributed by atoms with Gasteiger partial charge in [-0.25, -0.2) is 4.79 Å². The topological polar surface area (TPSA) is 74.5 Å². The van der Waals surface area contributed by atoms with Crippen molar-refractivity contribution < 1.29 is 19.1 Å². The maximum Gasteiger partial charge on any atom is 0.324 e. The van der Waals surface area contributed by atoms with E-state index in [-0.39, 0.29) is 29.9 Å². The molecule has 0 aromatic rings. The molecule has 6 heteroatoms. The van der Waals surface area contributed by atoms with E-state index in [1.807, 2.05) is 41.5 Å². The fraction of sp³-hybridized carbons (Fsp3) is 0.857. The van der Waals surface area contributed by atoms with Gasteiger partial charge in [0, 0.05) is 0 Å². The molecule has 2 fully saturated rings. The monoisotopic (exact) mass is 284 g/mol. The normalized spacial score (nSPS) is 41.5. The van der Waals surface area contributed by atoms with Crippen LogP contribution in [0.3, 0.4) is 0 Å². The molecule has 0 aromatic carbocycles. The van der Waals surface area contributed by atoms with Crippen molar-refractivity contribution in [3.8, 4) is 0 Å². The molecule has 6 unspecified atom stereocenters. The Kier molecular flexibility index (Phi) is 3.59. The van der Waals surface area contributed by atoms with Gasteiger partial charge in [0.25, 0.3) is 0 Å². The van der Waals surface area contributed by atoms with Crippen LogP contribution in [0.25, 0.3) is 0 Å². The van der Waals surface area contributed by atoms with E-state index in [2.05, 4.69) is 5.32 Å². The first-order valence-corrected chi connectivity index (χ1v) is 7.06. The second-order valence-electron chi connectivity index (χ2n) is 6.25. The summed E-state index contributed by atoms with van der Waals surface area (Å²) in [5.41, 5.74) is -0.796. The molecular formula is C14H24N2O4. The number of epoxide rings is 2. The van der Waals surface area contributed by atoms with Gasteiger partial charge in [0.15, 0.2) is 0 Å². The molecule has 1 N–H and O–H groups in total. The van der Waals surface area contributed by atoms with Crippen LogP contribution in [0.4, 0.5) is 4.79 Å². The molecule has 20 heavy (non-hydrogen) atoms. The van der Waals surface area contributed by atoms with Crippen LogP contribution in [-0.4, -0.2) is 52.8 Å². The Morgan fingerprint density at radius 3 is 2.00 bits per heavy atom. The molecule has 0 radical (unpaired) electrons. The highest BCUT2D eigenvalue weighted by molar-refractivity contribution is 5.85. The Hall–Kier alpha value is -1.14. The Balaban J connectivity index is 1.98. The van der Waals surface area contributed by atoms with Gasteiger partial charge in [0.2, 0.25) is 6.41 Å². The highest BCUT2D eigenvalue weighted by atomic mass is 16.6. The van der Waals surface area contributed by atoms with Crippen molar-refractivity contribution in [1.82, 2.24) is 10.2 Å². The highest BCUT2D eigenvalue weighted by Crippen LogP contribution is 2.41. The van der Waals surface area contributed by atoms with Crippen molar-refractivity contribution in [3.63, 3.8) is 0 Å². The van der Waals surface area contributed by atoms with E-state index in [9.17, 15) is 9.59 Å². The molecule has 0 bridgehead atoms. The summed E-state index contributed by atoms with van der Waals surface area (Å²) in [6, 6.07) is -0.884. The van der Waals surface area contributed by atoms with Gasteiger partial charge >= 0.3 is 6.03 Å². The predicted octanol–water partition coefficient (Wildman–Crippen LogP) is 1.29. The number of hydrogen-bond donors (Lipinski definition) is 1. The minimum atomic E-state index is -0.450. The molecule has 0 saturated carbocycles.